The lowest BCUT2D eigenvalue weighted by Crippen LogP contribution is -2.26. The smallest absolute Gasteiger partial charge is 0.251 e. The Balaban J connectivity index is 1.50. The number of carbonyl (C=O) groups is 1. The van der Waals surface area contributed by atoms with Gasteiger partial charge in [-0.3, -0.25) is 4.79 Å². The zero-order chi connectivity index (χ0) is 25.0. The second-order valence-electron chi connectivity index (χ2n) is 9.63. The van der Waals surface area contributed by atoms with Gasteiger partial charge in [-0.15, -0.1) is 0 Å². The van der Waals surface area contributed by atoms with Crippen LogP contribution in [0.15, 0.2) is 66.7 Å². The zero-order valence-electron chi connectivity index (χ0n) is 21.1. The molecule has 35 heavy (non-hydrogen) atoms. The highest BCUT2D eigenvalue weighted by molar-refractivity contribution is 5.94. The molecule has 1 amide bonds. The van der Waals surface area contributed by atoms with Crippen LogP contribution >= 0.6 is 0 Å². The number of methoxy groups -OCH3 is 2. The van der Waals surface area contributed by atoms with E-state index >= 15 is 0 Å². The van der Waals surface area contributed by atoms with Crippen LogP contribution in [0.2, 0.25) is 0 Å². The fraction of sp³-hybridized carbons (Fsp3) is 0.310. The molecule has 0 aliphatic heterocycles. The summed E-state index contributed by atoms with van der Waals surface area (Å²) < 4.78 is 12.8. The summed E-state index contributed by atoms with van der Waals surface area (Å²) in [5.41, 5.74) is 5.23. The van der Waals surface area contributed by atoms with Crippen LogP contribution in [0.1, 0.15) is 48.1 Å². The molecular weight excluding hydrogens is 438 g/mol. The first-order chi connectivity index (χ1) is 16.8. The summed E-state index contributed by atoms with van der Waals surface area (Å²) in [4.78, 5) is 17.6. The molecule has 0 saturated carbocycles. The number of nitrogens with one attached hydrogen (secondary N) is 1. The molecule has 6 nitrogen and oxygen atoms in total. The van der Waals surface area contributed by atoms with E-state index in [1.807, 2.05) is 18.2 Å². The maximum Gasteiger partial charge on any atom is 0.251 e. The van der Waals surface area contributed by atoms with E-state index in [4.69, 9.17) is 14.5 Å². The molecule has 0 bridgehead atoms. The molecule has 1 N–H and O–H groups in total. The first-order valence-electron chi connectivity index (χ1n) is 11.8. The van der Waals surface area contributed by atoms with E-state index in [2.05, 4.69) is 61.0 Å². The number of nitrogens with zero attached hydrogens (tertiary/aromatic N) is 2. The quantitative estimate of drug-likeness (QED) is 0.375. The maximum absolute atomic E-state index is 12.7. The lowest BCUT2D eigenvalue weighted by atomic mass is 9.87. The van der Waals surface area contributed by atoms with E-state index in [0.717, 1.165) is 23.4 Å². The minimum Gasteiger partial charge on any atom is -0.493 e. The number of hydrogen-bond donors (Lipinski definition) is 1. The van der Waals surface area contributed by atoms with E-state index in [-0.39, 0.29) is 11.3 Å². The third-order valence-electron chi connectivity index (χ3n) is 6.17. The Labute approximate surface area is 206 Å². The molecule has 1 aromatic heterocycles. The van der Waals surface area contributed by atoms with Gasteiger partial charge in [0.25, 0.3) is 5.91 Å². The van der Waals surface area contributed by atoms with Crippen LogP contribution < -0.4 is 14.8 Å². The number of hydrogen-bond acceptors (Lipinski definition) is 4. The van der Waals surface area contributed by atoms with Gasteiger partial charge < -0.3 is 19.4 Å². The molecule has 0 fully saturated rings. The van der Waals surface area contributed by atoms with Crippen molar-refractivity contribution in [1.82, 2.24) is 14.9 Å². The lowest BCUT2D eigenvalue weighted by Gasteiger charge is -2.19. The summed E-state index contributed by atoms with van der Waals surface area (Å²) in [7, 11) is 3.13. The topological polar surface area (TPSA) is 65.4 Å². The summed E-state index contributed by atoms with van der Waals surface area (Å²) in [6.45, 7) is 7.86. The fourth-order valence-corrected chi connectivity index (χ4v) is 4.15. The second-order valence-corrected chi connectivity index (χ2v) is 9.63. The van der Waals surface area contributed by atoms with Crippen LogP contribution in [0.4, 0.5) is 0 Å². The Hall–Kier alpha value is -3.80. The molecule has 0 aliphatic rings. The summed E-state index contributed by atoms with van der Waals surface area (Å²) in [5, 5.41) is 3.01. The highest BCUT2D eigenvalue weighted by Crippen LogP contribution is 2.27. The number of ether oxygens (including phenoxy) is 2. The van der Waals surface area contributed by atoms with Gasteiger partial charge in [-0.2, -0.15) is 0 Å². The molecule has 182 valence electrons. The Bertz CT molecular complexity index is 1320. The minimum absolute atomic E-state index is 0.123. The first-order valence-corrected chi connectivity index (χ1v) is 11.8. The van der Waals surface area contributed by atoms with Crippen molar-refractivity contribution in [2.75, 3.05) is 20.8 Å². The van der Waals surface area contributed by atoms with Crippen molar-refractivity contribution in [3.8, 4) is 11.5 Å². The normalized spacial score (nSPS) is 11.5. The van der Waals surface area contributed by atoms with Crippen LogP contribution in [0.5, 0.6) is 11.5 Å². The Morgan fingerprint density at radius 3 is 2.34 bits per heavy atom. The van der Waals surface area contributed by atoms with E-state index in [1.54, 1.807) is 32.4 Å². The van der Waals surface area contributed by atoms with Crippen molar-refractivity contribution in [3.05, 3.63) is 89.2 Å². The first kappa shape index (κ1) is 24.3. The van der Waals surface area contributed by atoms with E-state index in [0.29, 0.717) is 30.0 Å². The van der Waals surface area contributed by atoms with Gasteiger partial charge >= 0.3 is 0 Å². The molecule has 6 heteroatoms. The van der Waals surface area contributed by atoms with Crippen LogP contribution in [0.3, 0.4) is 0 Å². The van der Waals surface area contributed by atoms with Gasteiger partial charge in [-0.1, -0.05) is 57.2 Å². The number of benzene rings is 3. The number of amides is 1. The third kappa shape index (κ3) is 5.48. The number of imidazole rings is 1. The zero-order valence-corrected chi connectivity index (χ0v) is 21.1. The minimum atomic E-state index is -0.161. The van der Waals surface area contributed by atoms with E-state index in [9.17, 15) is 4.79 Å². The summed E-state index contributed by atoms with van der Waals surface area (Å²) in [6, 6.07) is 22.1. The third-order valence-corrected chi connectivity index (χ3v) is 6.17. The Kier molecular flexibility index (Phi) is 7.10. The van der Waals surface area contributed by atoms with Gasteiger partial charge in [0.05, 0.1) is 25.3 Å². The van der Waals surface area contributed by atoms with Gasteiger partial charge in [0, 0.05) is 25.1 Å². The number of aromatic nitrogens is 2. The molecule has 0 atom stereocenters. The standard InChI is InChI=1S/C29H33N3O3/c1-29(2,3)22-13-10-20(11-14-22)19-32-24-9-7-6-8-23(24)31-27(32)16-17-30-28(33)21-12-15-25(34-4)26(18-21)35-5/h6-15,18H,16-17,19H2,1-5H3,(H,30,33). The van der Waals surface area contributed by atoms with E-state index < -0.39 is 0 Å². The molecule has 1 heterocycles. The number of carbonyl (C=O) groups excluding carboxylic acids is 1. The molecular formula is C29H33N3O3. The summed E-state index contributed by atoms with van der Waals surface area (Å²) >= 11 is 0. The monoisotopic (exact) mass is 471 g/mol. The summed E-state index contributed by atoms with van der Waals surface area (Å²) in [6.07, 6.45) is 0.619. The van der Waals surface area contributed by atoms with Crippen molar-refractivity contribution < 1.29 is 14.3 Å². The molecule has 4 aromatic rings. The van der Waals surface area contributed by atoms with Crippen molar-refractivity contribution in [2.24, 2.45) is 0 Å². The molecule has 0 saturated heterocycles. The second kappa shape index (κ2) is 10.2. The van der Waals surface area contributed by atoms with Gasteiger partial charge in [-0.05, 0) is 46.9 Å². The molecule has 0 unspecified atom stereocenters. The summed E-state index contributed by atoms with van der Waals surface area (Å²) in [5.74, 6) is 1.90. The predicted molar refractivity (Wildman–Crippen MR) is 140 cm³/mol. The fourth-order valence-electron chi connectivity index (χ4n) is 4.15. The highest BCUT2D eigenvalue weighted by atomic mass is 16.5. The SMILES string of the molecule is COc1ccc(C(=O)NCCc2nc3ccccc3n2Cc2ccc(C(C)(C)C)cc2)cc1OC. The van der Waals surface area contributed by atoms with Gasteiger partial charge in [0.1, 0.15) is 5.82 Å². The van der Waals surface area contributed by atoms with Crippen LogP contribution in [0, 0.1) is 0 Å². The lowest BCUT2D eigenvalue weighted by molar-refractivity contribution is 0.0953. The molecule has 4 rings (SSSR count). The molecule has 0 spiro atoms. The Morgan fingerprint density at radius 1 is 0.943 bits per heavy atom. The number of rotatable bonds is 8. The maximum atomic E-state index is 12.7. The van der Waals surface area contributed by atoms with Crippen LogP contribution in [-0.4, -0.2) is 36.2 Å². The van der Waals surface area contributed by atoms with Gasteiger partial charge in [-0.25, -0.2) is 4.98 Å². The predicted octanol–water partition coefficient (Wildman–Crippen LogP) is 5.37. The van der Waals surface area contributed by atoms with E-state index in [1.165, 1.54) is 11.1 Å². The average molecular weight is 472 g/mol. The largest absolute Gasteiger partial charge is 0.493 e. The molecule has 0 radical (unpaired) electrons. The average Bonchev–Trinajstić information content (AvgIpc) is 3.20. The van der Waals surface area contributed by atoms with Crippen molar-refractivity contribution in [2.45, 2.75) is 39.2 Å². The van der Waals surface area contributed by atoms with Crippen molar-refractivity contribution in [1.29, 1.82) is 0 Å². The number of fused-ring (bicyclic) bond motifs is 1. The highest BCUT2D eigenvalue weighted by Gasteiger charge is 2.15. The van der Waals surface area contributed by atoms with Crippen LogP contribution in [-0.2, 0) is 18.4 Å². The van der Waals surface area contributed by atoms with Crippen molar-refractivity contribution in [3.63, 3.8) is 0 Å². The Morgan fingerprint density at radius 2 is 1.66 bits per heavy atom. The van der Waals surface area contributed by atoms with Crippen LogP contribution in [0.25, 0.3) is 11.0 Å². The van der Waals surface area contributed by atoms with Crippen molar-refractivity contribution >= 4 is 16.9 Å². The van der Waals surface area contributed by atoms with Gasteiger partial charge in [0.15, 0.2) is 11.5 Å². The molecule has 3 aromatic carbocycles. The number of para-hydroxylation sites is 2. The molecule has 0 aliphatic carbocycles. The van der Waals surface area contributed by atoms with Gasteiger partial charge in [0.2, 0.25) is 0 Å².